The normalized spacial score (nSPS) is 10.1. The number of ether oxygens (including phenoxy) is 1. The van der Waals surface area contributed by atoms with E-state index in [9.17, 15) is 4.79 Å². The van der Waals surface area contributed by atoms with Crippen LogP contribution < -0.4 is 15.8 Å². The quantitative estimate of drug-likeness (QED) is 0.840. The van der Waals surface area contributed by atoms with Crippen molar-refractivity contribution in [3.8, 4) is 5.75 Å². The summed E-state index contributed by atoms with van der Waals surface area (Å²) in [6.07, 6.45) is 0. The Morgan fingerprint density at radius 1 is 1.20 bits per heavy atom. The maximum atomic E-state index is 11.8. The highest BCUT2D eigenvalue weighted by Gasteiger charge is 2.07. The summed E-state index contributed by atoms with van der Waals surface area (Å²) in [6, 6.07) is 13.1. The molecule has 0 aliphatic rings. The molecular weight excluding hydrogens is 252 g/mol. The van der Waals surface area contributed by atoms with Gasteiger partial charge in [0.05, 0.1) is 5.69 Å². The van der Waals surface area contributed by atoms with E-state index in [1.54, 1.807) is 6.07 Å². The summed E-state index contributed by atoms with van der Waals surface area (Å²) in [7, 11) is 0. The van der Waals surface area contributed by atoms with Gasteiger partial charge in [-0.25, -0.2) is 0 Å². The number of nitrogens with one attached hydrogen (secondary N) is 1. The first kappa shape index (κ1) is 13.9. The molecule has 0 heterocycles. The molecule has 0 aliphatic heterocycles. The maximum Gasteiger partial charge on any atom is 0.262 e. The molecule has 0 unspecified atom stereocenters. The highest BCUT2D eigenvalue weighted by Crippen LogP contribution is 2.22. The van der Waals surface area contributed by atoms with Gasteiger partial charge in [0.25, 0.3) is 5.91 Å². The van der Waals surface area contributed by atoms with Crippen LogP contribution in [0.25, 0.3) is 0 Å². The second-order valence-corrected chi connectivity index (χ2v) is 4.69. The van der Waals surface area contributed by atoms with Crippen molar-refractivity contribution < 1.29 is 9.53 Å². The van der Waals surface area contributed by atoms with Crippen LogP contribution in [0.5, 0.6) is 5.75 Å². The average molecular weight is 270 g/mol. The Kier molecular flexibility index (Phi) is 4.25. The summed E-state index contributed by atoms with van der Waals surface area (Å²) in [4.78, 5) is 11.8. The number of nitrogen functional groups attached to an aromatic ring is 1. The third kappa shape index (κ3) is 3.51. The lowest BCUT2D eigenvalue weighted by molar-refractivity contribution is -0.118. The lowest BCUT2D eigenvalue weighted by Gasteiger charge is -2.11. The molecule has 0 spiro atoms. The number of benzene rings is 2. The lowest BCUT2D eigenvalue weighted by atomic mass is 10.2. The van der Waals surface area contributed by atoms with Crippen molar-refractivity contribution in [2.24, 2.45) is 0 Å². The zero-order chi connectivity index (χ0) is 14.5. The minimum atomic E-state index is -0.209. The summed E-state index contributed by atoms with van der Waals surface area (Å²) < 4.78 is 5.43. The van der Waals surface area contributed by atoms with E-state index in [-0.39, 0.29) is 12.5 Å². The van der Waals surface area contributed by atoms with E-state index >= 15 is 0 Å². The highest BCUT2D eigenvalue weighted by atomic mass is 16.5. The van der Waals surface area contributed by atoms with Crippen molar-refractivity contribution in [3.05, 3.63) is 53.6 Å². The standard InChI is InChI=1S/C16H18N2O2/c1-11-7-8-15(13(17)9-11)20-10-16(19)18-14-6-4-3-5-12(14)2/h3-9H,10,17H2,1-2H3,(H,18,19). The molecular formula is C16H18N2O2. The monoisotopic (exact) mass is 270 g/mol. The number of para-hydroxylation sites is 1. The van der Waals surface area contributed by atoms with Gasteiger partial charge >= 0.3 is 0 Å². The van der Waals surface area contributed by atoms with Gasteiger partial charge in [0.1, 0.15) is 5.75 Å². The van der Waals surface area contributed by atoms with E-state index in [2.05, 4.69) is 5.32 Å². The second-order valence-electron chi connectivity index (χ2n) is 4.69. The average Bonchev–Trinajstić information content (AvgIpc) is 2.40. The van der Waals surface area contributed by atoms with Crippen LogP contribution in [0.2, 0.25) is 0 Å². The van der Waals surface area contributed by atoms with E-state index in [1.807, 2.05) is 50.2 Å². The van der Waals surface area contributed by atoms with Gasteiger partial charge in [0.15, 0.2) is 6.61 Å². The predicted molar refractivity (Wildman–Crippen MR) is 80.9 cm³/mol. The van der Waals surface area contributed by atoms with Crippen molar-refractivity contribution in [1.82, 2.24) is 0 Å². The van der Waals surface area contributed by atoms with E-state index in [0.29, 0.717) is 11.4 Å². The van der Waals surface area contributed by atoms with Crippen LogP contribution in [0, 0.1) is 13.8 Å². The Morgan fingerprint density at radius 3 is 2.65 bits per heavy atom. The van der Waals surface area contributed by atoms with Crippen molar-refractivity contribution in [2.45, 2.75) is 13.8 Å². The molecule has 0 aromatic heterocycles. The third-order valence-corrected chi connectivity index (χ3v) is 2.94. The van der Waals surface area contributed by atoms with Crippen LogP contribution in [0.1, 0.15) is 11.1 Å². The highest BCUT2D eigenvalue weighted by molar-refractivity contribution is 5.92. The minimum absolute atomic E-state index is 0.0679. The molecule has 0 atom stereocenters. The van der Waals surface area contributed by atoms with E-state index in [0.717, 1.165) is 16.8 Å². The van der Waals surface area contributed by atoms with Crippen molar-refractivity contribution in [1.29, 1.82) is 0 Å². The van der Waals surface area contributed by atoms with Crippen LogP contribution in [0.4, 0.5) is 11.4 Å². The Hall–Kier alpha value is -2.49. The fourth-order valence-electron chi connectivity index (χ4n) is 1.84. The van der Waals surface area contributed by atoms with E-state index in [4.69, 9.17) is 10.5 Å². The molecule has 0 saturated carbocycles. The molecule has 104 valence electrons. The first-order chi connectivity index (χ1) is 9.56. The zero-order valence-electron chi connectivity index (χ0n) is 11.6. The third-order valence-electron chi connectivity index (χ3n) is 2.94. The molecule has 0 saturated heterocycles. The van der Waals surface area contributed by atoms with Gasteiger partial charge in [0, 0.05) is 5.69 Å². The van der Waals surface area contributed by atoms with Gasteiger partial charge in [-0.15, -0.1) is 0 Å². The van der Waals surface area contributed by atoms with Crippen LogP contribution >= 0.6 is 0 Å². The largest absolute Gasteiger partial charge is 0.482 e. The van der Waals surface area contributed by atoms with Gasteiger partial charge in [0.2, 0.25) is 0 Å². The fourth-order valence-corrected chi connectivity index (χ4v) is 1.84. The Morgan fingerprint density at radius 2 is 1.95 bits per heavy atom. The second kappa shape index (κ2) is 6.10. The van der Waals surface area contributed by atoms with Gasteiger partial charge < -0.3 is 15.8 Å². The van der Waals surface area contributed by atoms with Crippen LogP contribution in [-0.4, -0.2) is 12.5 Å². The smallest absolute Gasteiger partial charge is 0.262 e. The molecule has 0 fully saturated rings. The number of nitrogens with two attached hydrogens (primary N) is 1. The molecule has 0 radical (unpaired) electrons. The summed E-state index contributed by atoms with van der Waals surface area (Å²) >= 11 is 0. The molecule has 2 aromatic carbocycles. The topological polar surface area (TPSA) is 64.3 Å². The molecule has 20 heavy (non-hydrogen) atoms. The fraction of sp³-hybridized carbons (Fsp3) is 0.188. The number of carbonyl (C=O) groups is 1. The van der Waals surface area contributed by atoms with Gasteiger partial charge in [-0.05, 0) is 43.2 Å². The lowest BCUT2D eigenvalue weighted by Crippen LogP contribution is -2.20. The van der Waals surface area contributed by atoms with E-state index in [1.165, 1.54) is 0 Å². The van der Waals surface area contributed by atoms with Crippen LogP contribution in [0.15, 0.2) is 42.5 Å². The summed E-state index contributed by atoms with van der Waals surface area (Å²) in [5.41, 5.74) is 9.22. The van der Waals surface area contributed by atoms with Gasteiger partial charge in [-0.3, -0.25) is 4.79 Å². The van der Waals surface area contributed by atoms with Crippen LogP contribution in [-0.2, 0) is 4.79 Å². The Bertz CT molecular complexity index is 624. The van der Waals surface area contributed by atoms with Crippen molar-refractivity contribution >= 4 is 17.3 Å². The maximum absolute atomic E-state index is 11.8. The number of anilines is 2. The number of amides is 1. The molecule has 4 heteroatoms. The number of hydrogen-bond acceptors (Lipinski definition) is 3. The predicted octanol–water partition coefficient (Wildman–Crippen LogP) is 2.90. The van der Waals surface area contributed by atoms with Gasteiger partial charge in [-0.2, -0.15) is 0 Å². The molecule has 3 N–H and O–H groups in total. The summed E-state index contributed by atoms with van der Waals surface area (Å²) in [5, 5.41) is 2.81. The van der Waals surface area contributed by atoms with Crippen LogP contribution in [0.3, 0.4) is 0 Å². The zero-order valence-corrected chi connectivity index (χ0v) is 11.6. The Balaban J connectivity index is 1.94. The Labute approximate surface area is 118 Å². The van der Waals surface area contributed by atoms with Crippen molar-refractivity contribution in [2.75, 3.05) is 17.7 Å². The molecule has 0 bridgehead atoms. The summed E-state index contributed by atoms with van der Waals surface area (Å²) in [5.74, 6) is 0.315. The molecule has 4 nitrogen and oxygen atoms in total. The summed E-state index contributed by atoms with van der Waals surface area (Å²) in [6.45, 7) is 3.82. The first-order valence-corrected chi connectivity index (χ1v) is 6.40. The first-order valence-electron chi connectivity index (χ1n) is 6.40. The SMILES string of the molecule is Cc1ccc(OCC(=O)Nc2ccccc2C)c(N)c1. The van der Waals surface area contributed by atoms with Gasteiger partial charge in [-0.1, -0.05) is 24.3 Å². The number of carbonyl (C=O) groups excluding carboxylic acids is 1. The van der Waals surface area contributed by atoms with E-state index < -0.39 is 0 Å². The minimum Gasteiger partial charge on any atom is -0.482 e. The molecule has 0 aliphatic carbocycles. The van der Waals surface area contributed by atoms with Crippen molar-refractivity contribution in [3.63, 3.8) is 0 Å². The molecule has 2 rings (SSSR count). The number of aryl methyl sites for hydroxylation is 2. The molecule has 1 amide bonds. The number of rotatable bonds is 4. The number of hydrogen-bond donors (Lipinski definition) is 2. The molecule has 2 aromatic rings.